The fourth-order valence-electron chi connectivity index (χ4n) is 1.97. The number of rotatable bonds is 5. The Morgan fingerprint density at radius 3 is 2.95 bits per heavy atom. The molecule has 1 N–H and O–H groups in total. The zero-order valence-electron chi connectivity index (χ0n) is 11.7. The van der Waals surface area contributed by atoms with Crippen LogP contribution < -0.4 is 5.32 Å². The first-order valence-corrected chi connectivity index (χ1v) is 7.89. The van der Waals surface area contributed by atoms with Gasteiger partial charge in [-0.15, -0.1) is 0 Å². The van der Waals surface area contributed by atoms with Gasteiger partial charge in [-0.05, 0) is 26.0 Å². The van der Waals surface area contributed by atoms with Crippen LogP contribution in [0.25, 0.3) is 0 Å². The smallest absolute Gasteiger partial charge is 0.343 e. The van der Waals surface area contributed by atoms with Crippen LogP contribution in [0.4, 0.5) is 5.82 Å². The molecular weight excluding hydrogens is 278 g/mol. The molecule has 0 aromatic carbocycles. The van der Waals surface area contributed by atoms with E-state index < -0.39 is 5.97 Å². The molecule has 0 bridgehead atoms. The molecule has 1 aromatic rings. The molecule has 0 saturated carbocycles. The molecule has 2 heterocycles. The second-order valence-corrected chi connectivity index (χ2v) is 5.14. The van der Waals surface area contributed by atoms with Gasteiger partial charge in [0, 0.05) is 25.5 Å². The molecule has 1 aliphatic heterocycles. The summed E-state index contributed by atoms with van der Waals surface area (Å²) in [6.07, 6.45) is 5.23. The SMILES string of the molecule is CCOC(=O)c1cnc(SC)nc1NC1CCOCC1. The number of esters is 1. The third kappa shape index (κ3) is 3.83. The summed E-state index contributed by atoms with van der Waals surface area (Å²) in [5.41, 5.74) is 0.385. The summed E-state index contributed by atoms with van der Waals surface area (Å²) in [5.74, 6) is 0.157. The van der Waals surface area contributed by atoms with E-state index in [2.05, 4.69) is 15.3 Å². The zero-order chi connectivity index (χ0) is 14.4. The summed E-state index contributed by atoms with van der Waals surface area (Å²) in [6.45, 7) is 3.57. The van der Waals surface area contributed by atoms with Crippen LogP contribution in [-0.4, -0.2) is 48.1 Å². The van der Waals surface area contributed by atoms with Gasteiger partial charge in [-0.25, -0.2) is 14.8 Å². The number of hydrogen-bond donors (Lipinski definition) is 1. The maximum absolute atomic E-state index is 11.9. The first-order chi connectivity index (χ1) is 9.74. The molecule has 1 saturated heterocycles. The average Bonchev–Trinajstić information content (AvgIpc) is 2.48. The molecule has 0 atom stereocenters. The van der Waals surface area contributed by atoms with Crippen molar-refractivity contribution < 1.29 is 14.3 Å². The van der Waals surface area contributed by atoms with Crippen LogP contribution in [0.3, 0.4) is 0 Å². The van der Waals surface area contributed by atoms with Crippen LogP contribution in [-0.2, 0) is 9.47 Å². The number of thioether (sulfide) groups is 1. The van der Waals surface area contributed by atoms with E-state index in [0.29, 0.717) is 23.1 Å². The Morgan fingerprint density at radius 1 is 1.55 bits per heavy atom. The van der Waals surface area contributed by atoms with E-state index in [-0.39, 0.29) is 6.04 Å². The normalized spacial score (nSPS) is 15.9. The molecule has 0 radical (unpaired) electrons. The standard InChI is InChI=1S/C13H19N3O3S/c1-3-19-12(17)10-8-14-13(20-2)16-11(10)15-9-4-6-18-7-5-9/h8-9H,3-7H2,1-2H3,(H,14,15,16). The second-order valence-electron chi connectivity index (χ2n) is 4.37. The fraction of sp³-hybridized carbons (Fsp3) is 0.615. The maximum Gasteiger partial charge on any atom is 0.343 e. The molecule has 0 amide bonds. The topological polar surface area (TPSA) is 73.3 Å². The number of nitrogens with zero attached hydrogens (tertiary/aromatic N) is 2. The minimum Gasteiger partial charge on any atom is -0.462 e. The number of carbonyl (C=O) groups is 1. The summed E-state index contributed by atoms with van der Waals surface area (Å²) in [5, 5.41) is 3.95. The highest BCUT2D eigenvalue weighted by atomic mass is 32.2. The lowest BCUT2D eigenvalue weighted by molar-refractivity contribution is 0.0526. The van der Waals surface area contributed by atoms with E-state index in [4.69, 9.17) is 9.47 Å². The number of ether oxygens (including phenoxy) is 2. The molecule has 0 unspecified atom stereocenters. The second kappa shape index (κ2) is 7.44. The minimum absolute atomic E-state index is 0.265. The average molecular weight is 297 g/mol. The molecule has 0 aliphatic carbocycles. The molecule has 0 spiro atoms. The van der Waals surface area contributed by atoms with E-state index in [1.54, 1.807) is 6.92 Å². The predicted molar refractivity (Wildman–Crippen MR) is 77.2 cm³/mol. The minimum atomic E-state index is -0.394. The third-order valence-corrected chi connectivity index (χ3v) is 3.57. The molecule has 7 heteroatoms. The maximum atomic E-state index is 11.9. The van der Waals surface area contributed by atoms with Gasteiger partial charge in [0.15, 0.2) is 5.16 Å². The summed E-state index contributed by atoms with van der Waals surface area (Å²) in [7, 11) is 0. The highest BCUT2D eigenvalue weighted by Gasteiger charge is 2.20. The monoisotopic (exact) mass is 297 g/mol. The first kappa shape index (κ1) is 15.1. The van der Waals surface area contributed by atoms with Gasteiger partial charge in [-0.3, -0.25) is 0 Å². The molecule has 110 valence electrons. The Labute approximate surface area is 122 Å². The lowest BCUT2D eigenvalue weighted by atomic mass is 10.1. The van der Waals surface area contributed by atoms with E-state index in [1.165, 1.54) is 18.0 Å². The largest absolute Gasteiger partial charge is 0.462 e. The lowest BCUT2D eigenvalue weighted by Crippen LogP contribution is -2.29. The fourth-order valence-corrected chi connectivity index (χ4v) is 2.31. The van der Waals surface area contributed by atoms with Gasteiger partial charge in [0.2, 0.25) is 0 Å². The number of nitrogens with one attached hydrogen (secondary N) is 1. The van der Waals surface area contributed by atoms with E-state index in [1.807, 2.05) is 6.26 Å². The molecule has 20 heavy (non-hydrogen) atoms. The summed E-state index contributed by atoms with van der Waals surface area (Å²) < 4.78 is 10.4. The van der Waals surface area contributed by atoms with Crippen LogP contribution in [0.15, 0.2) is 11.4 Å². The van der Waals surface area contributed by atoms with Crippen molar-refractivity contribution >= 4 is 23.5 Å². The number of anilines is 1. The van der Waals surface area contributed by atoms with Crippen molar-refractivity contribution in [3.05, 3.63) is 11.8 Å². The molecular formula is C13H19N3O3S. The molecule has 1 aromatic heterocycles. The van der Waals surface area contributed by atoms with E-state index in [9.17, 15) is 4.79 Å². The van der Waals surface area contributed by atoms with E-state index in [0.717, 1.165) is 26.1 Å². The van der Waals surface area contributed by atoms with Crippen molar-refractivity contribution in [3.8, 4) is 0 Å². The van der Waals surface area contributed by atoms with Crippen molar-refractivity contribution in [1.82, 2.24) is 9.97 Å². The predicted octanol–water partition coefficient (Wildman–Crippen LogP) is 1.97. The Bertz CT molecular complexity index is 464. The van der Waals surface area contributed by atoms with Crippen LogP contribution in [0.1, 0.15) is 30.1 Å². The number of aromatic nitrogens is 2. The van der Waals surface area contributed by atoms with Gasteiger partial charge >= 0.3 is 5.97 Å². The number of carbonyl (C=O) groups excluding carboxylic acids is 1. The van der Waals surface area contributed by atoms with Gasteiger partial charge in [0.1, 0.15) is 11.4 Å². The van der Waals surface area contributed by atoms with Gasteiger partial charge in [-0.1, -0.05) is 11.8 Å². The molecule has 2 rings (SSSR count). The van der Waals surface area contributed by atoms with Crippen LogP contribution in [0.5, 0.6) is 0 Å². The lowest BCUT2D eigenvalue weighted by Gasteiger charge is -2.24. The van der Waals surface area contributed by atoms with E-state index >= 15 is 0 Å². The first-order valence-electron chi connectivity index (χ1n) is 6.67. The quantitative estimate of drug-likeness (QED) is 0.506. The Balaban J connectivity index is 2.19. The molecule has 1 aliphatic rings. The number of hydrogen-bond acceptors (Lipinski definition) is 7. The summed E-state index contributed by atoms with van der Waals surface area (Å²) in [6, 6.07) is 0.265. The molecule has 6 nitrogen and oxygen atoms in total. The highest BCUT2D eigenvalue weighted by Crippen LogP contribution is 2.20. The Hall–Kier alpha value is -1.34. The van der Waals surface area contributed by atoms with Crippen molar-refractivity contribution in [2.45, 2.75) is 31.0 Å². The van der Waals surface area contributed by atoms with Crippen molar-refractivity contribution in [3.63, 3.8) is 0 Å². The van der Waals surface area contributed by atoms with Crippen LogP contribution in [0.2, 0.25) is 0 Å². The highest BCUT2D eigenvalue weighted by molar-refractivity contribution is 7.98. The Kier molecular flexibility index (Phi) is 5.60. The Morgan fingerprint density at radius 2 is 2.30 bits per heavy atom. The van der Waals surface area contributed by atoms with Crippen molar-refractivity contribution in [2.24, 2.45) is 0 Å². The van der Waals surface area contributed by atoms with Gasteiger partial charge in [0.25, 0.3) is 0 Å². The van der Waals surface area contributed by atoms with Gasteiger partial charge in [0.05, 0.1) is 6.61 Å². The third-order valence-electron chi connectivity index (χ3n) is 3.01. The molecule has 1 fully saturated rings. The van der Waals surface area contributed by atoms with Crippen LogP contribution >= 0.6 is 11.8 Å². The van der Waals surface area contributed by atoms with Crippen molar-refractivity contribution in [2.75, 3.05) is 31.4 Å². The van der Waals surface area contributed by atoms with Crippen LogP contribution in [0, 0.1) is 0 Å². The van der Waals surface area contributed by atoms with Gasteiger partial charge in [-0.2, -0.15) is 0 Å². The summed E-state index contributed by atoms with van der Waals surface area (Å²) in [4.78, 5) is 20.5. The zero-order valence-corrected chi connectivity index (χ0v) is 12.5. The van der Waals surface area contributed by atoms with Crippen molar-refractivity contribution in [1.29, 1.82) is 0 Å². The van der Waals surface area contributed by atoms with Gasteiger partial charge < -0.3 is 14.8 Å². The summed E-state index contributed by atoms with van der Waals surface area (Å²) >= 11 is 1.44.